The topological polar surface area (TPSA) is 0 Å². The Bertz CT molecular complexity index is 1190. The number of nitrogens with zero attached hydrogens (tertiary/aromatic N) is 2. The quantitative estimate of drug-likeness (QED) is 0.232. The van der Waals surface area contributed by atoms with Crippen molar-refractivity contribution < 1.29 is 13.7 Å². The van der Waals surface area contributed by atoms with Gasteiger partial charge in [-0.15, -0.1) is 4.71 Å². The average Bonchev–Trinajstić information content (AvgIpc) is 2.90. The SMILES string of the molecule is C[N+]12CC[N+](F)(CC1)C(c1ccccc1-c1ccccc1)C2c1ccccc1-c1ccccc1. The summed E-state index contributed by atoms with van der Waals surface area (Å²) in [6.45, 7) is 2.84. The Morgan fingerprint density at radius 1 is 0.529 bits per heavy atom. The third-order valence-electron chi connectivity index (χ3n) is 8.16. The first kappa shape index (κ1) is 21.3. The van der Waals surface area contributed by atoms with Gasteiger partial charge in [0.1, 0.15) is 13.1 Å². The van der Waals surface area contributed by atoms with Crippen LogP contribution in [0, 0.1) is 0 Å². The molecule has 0 saturated carbocycles. The minimum absolute atomic E-state index is 0.0359. The van der Waals surface area contributed by atoms with Crippen molar-refractivity contribution in [3.05, 3.63) is 120 Å². The first-order chi connectivity index (χ1) is 16.6. The van der Waals surface area contributed by atoms with Crippen LogP contribution < -0.4 is 0 Å². The summed E-state index contributed by atoms with van der Waals surface area (Å²) in [6, 6.07) is 38.0. The summed E-state index contributed by atoms with van der Waals surface area (Å²) in [5.74, 6) is 0. The lowest BCUT2D eigenvalue weighted by molar-refractivity contribution is -1.18. The second-order valence-electron chi connectivity index (χ2n) is 10.1. The van der Waals surface area contributed by atoms with Crippen molar-refractivity contribution in [2.24, 2.45) is 0 Å². The van der Waals surface area contributed by atoms with E-state index in [2.05, 4.69) is 110 Å². The van der Waals surface area contributed by atoms with E-state index in [9.17, 15) is 0 Å². The fourth-order valence-electron chi connectivity index (χ4n) is 6.36. The van der Waals surface area contributed by atoms with Crippen LogP contribution >= 0.6 is 0 Å². The van der Waals surface area contributed by atoms with Crippen LogP contribution in [0.15, 0.2) is 109 Å². The van der Waals surface area contributed by atoms with E-state index in [4.69, 9.17) is 0 Å². The Kier molecular flexibility index (Phi) is 5.13. The van der Waals surface area contributed by atoms with Gasteiger partial charge in [-0.25, -0.2) is 0 Å². The standard InChI is InChI=1S/C31H31FN2/c1-33-20-22-34(32,23-21-33)31(29-19-11-9-17-27(29)25-14-6-3-7-15-25)30(33)28-18-10-8-16-26(28)24-12-4-2-5-13-24/h2-19,30-31H,20-23H2,1H3/q+2. The van der Waals surface area contributed by atoms with Crippen LogP contribution in [-0.4, -0.2) is 42.4 Å². The highest BCUT2D eigenvalue weighted by atomic mass is 19.2. The number of hydrogen-bond acceptors (Lipinski definition) is 0. The maximum Gasteiger partial charge on any atom is 0.207 e. The lowest BCUT2D eigenvalue weighted by Gasteiger charge is -2.57. The van der Waals surface area contributed by atoms with Crippen molar-refractivity contribution in [3.63, 3.8) is 0 Å². The zero-order valence-corrected chi connectivity index (χ0v) is 19.6. The molecule has 2 unspecified atom stereocenters. The number of rotatable bonds is 4. The molecule has 7 rings (SSSR count). The minimum Gasteiger partial charge on any atom is -0.305 e. The molecule has 2 bridgehead atoms. The Labute approximate surface area is 201 Å². The molecule has 4 aromatic carbocycles. The lowest BCUT2D eigenvalue weighted by atomic mass is 9.79. The molecule has 0 aliphatic carbocycles. The number of fused-ring (bicyclic) bond motifs is 3. The summed E-state index contributed by atoms with van der Waals surface area (Å²) in [7, 11) is 2.34. The third-order valence-corrected chi connectivity index (χ3v) is 8.16. The molecule has 3 aliphatic rings. The number of quaternary nitrogens is 2. The summed E-state index contributed by atoms with van der Waals surface area (Å²) in [5, 5.41) is 0. The molecule has 0 radical (unpaired) electrons. The number of likely N-dealkylation sites (N-methyl/N-ethyl adjacent to an activating group) is 1. The van der Waals surface area contributed by atoms with Crippen molar-refractivity contribution in [3.8, 4) is 22.3 Å². The molecule has 3 fully saturated rings. The van der Waals surface area contributed by atoms with Crippen molar-refractivity contribution >= 4 is 0 Å². The predicted octanol–water partition coefficient (Wildman–Crippen LogP) is 6.98. The van der Waals surface area contributed by atoms with Gasteiger partial charge in [-0.1, -0.05) is 109 Å². The van der Waals surface area contributed by atoms with Gasteiger partial charge >= 0.3 is 0 Å². The van der Waals surface area contributed by atoms with E-state index in [1.54, 1.807) is 0 Å². The van der Waals surface area contributed by atoms with E-state index in [0.717, 1.165) is 34.3 Å². The van der Waals surface area contributed by atoms with Crippen LogP contribution in [-0.2, 0) is 0 Å². The summed E-state index contributed by atoms with van der Waals surface area (Å²) in [4.78, 5) is 0. The molecule has 3 heterocycles. The Morgan fingerprint density at radius 2 is 0.941 bits per heavy atom. The normalized spacial score (nSPS) is 28.1. The molecule has 4 aromatic rings. The van der Waals surface area contributed by atoms with E-state index < -0.39 is 0 Å². The number of piperazine rings is 3. The first-order valence-corrected chi connectivity index (χ1v) is 12.3. The lowest BCUT2D eigenvalue weighted by Crippen LogP contribution is -2.72. The molecule has 0 amide bonds. The van der Waals surface area contributed by atoms with Gasteiger partial charge in [0.15, 0.2) is 19.1 Å². The van der Waals surface area contributed by atoms with Gasteiger partial charge in [-0.05, 0) is 26.7 Å². The largest absolute Gasteiger partial charge is 0.305 e. The van der Waals surface area contributed by atoms with Crippen LogP contribution in [0.25, 0.3) is 22.3 Å². The summed E-state index contributed by atoms with van der Waals surface area (Å²) >= 11 is 0. The highest BCUT2D eigenvalue weighted by Crippen LogP contribution is 2.55. The fourth-order valence-corrected chi connectivity index (χ4v) is 6.36. The van der Waals surface area contributed by atoms with E-state index in [1.165, 1.54) is 16.7 Å². The number of hydrogen-bond donors (Lipinski definition) is 0. The second kappa shape index (κ2) is 8.19. The molecule has 2 atom stereocenters. The molecule has 170 valence electrons. The molecular formula is C31H31FN2+2. The van der Waals surface area contributed by atoms with Gasteiger partial charge in [0, 0.05) is 11.1 Å². The minimum atomic E-state index is -0.383. The molecule has 0 N–H and O–H groups in total. The van der Waals surface area contributed by atoms with Crippen LogP contribution in [0.4, 0.5) is 4.48 Å². The van der Waals surface area contributed by atoms with Crippen LogP contribution in [0.2, 0.25) is 0 Å². The smallest absolute Gasteiger partial charge is 0.207 e. The summed E-state index contributed by atoms with van der Waals surface area (Å²) < 4.78 is 17.4. The van der Waals surface area contributed by atoms with Crippen LogP contribution in [0.3, 0.4) is 0 Å². The van der Waals surface area contributed by atoms with E-state index in [1.807, 2.05) is 6.07 Å². The van der Waals surface area contributed by atoms with E-state index in [0.29, 0.717) is 13.1 Å². The Morgan fingerprint density at radius 3 is 1.44 bits per heavy atom. The molecule has 0 aromatic heterocycles. The van der Waals surface area contributed by atoms with Gasteiger partial charge < -0.3 is 4.48 Å². The van der Waals surface area contributed by atoms with Crippen LogP contribution in [0.5, 0.6) is 0 Å². The van der Waals surface area contributed by atoms with E-state index in [-0.39, 0.29) is 16.8 Å². The number of halogens is 1. The van der Waals surface area contributed by atoms with Gasteiger partial charge in [0.25, 0.3) is 0 Å². The molecule has 34 heavy (non-hydrogen) atoms. The zero-order valence-electron chi connectivity index (χ0n) is 19.6. The maximum absolute atomic E-state index is 17.0. The van der Waals surface area contributed by atoms with E-state index >= 15 is 4.48 Å². The van der Waals surface area contributed by atoms with Gasteiger partial charge in [0.05, 0.1) is 7.05 Å². The average molecular weight is 451 g/mol. The molecule has 2 nitrogen and oxygen atoms in total. The van der Waals surface area contributed by atoms with Crippen molar-refractivity contribution in [2.45, 2.75) is 12.1 Å². The molecule has 3 heteroatoms. The zero-order chi connectivity index (χ0) is 23.2. The first-order valence-electron chi connectivity index (χ1n) is 12.3. The van der Waals surface area contributed by atoms with Crippen molar-refractivity contribution in [1.29, 1.82) is 0 Å². The van der Waals surface area contributed by atoms with Crippen molar-refractivity contribution in [1.82, 2.24) is 0 Å². The third kappa shape index (κ3) is 3.39. The molecule has 3 aliphatic heterocycles. The maximum atomic E-state index is 17.0. The van der Waals surface area contributed by atoms with Gasteiger partial charge in [0.2, 0.25) is 6.04 Å². The second-order valence-corrected chi connectivity index (χ2v) is 10.1. The summed E-state index contributed by atoms with van der Waals surface area (Å²) in [6.07, 6.45) is 0. The molecular weight excluding hydrogens is 419 g/mol. The van der Waals surface area contributed by atoms with Gasteiger partial charge in [-0.3, -0.25) is 0 Å². The van der Waals surface area contributed by atoms with Crippen molar-refractivity contribution in [2.75, 3.05) is 33.2 Å². The molecule has 3 saturated heterocycles. The highest BCUT2D eigenvalue weighted by Gasteiger charge is 2.64. The van der Waals surface area contributed by atoms with Crippen LogP contribution in [0.1, 0.15) is 23.2 Å². The van der Waals surface area contributed by atoms with Gasteiger partial charge in [-0.2, -0.15) is 0 Å². The number of benzene rings is 4. The molecule has 0 spiro atoms. The fraction of sp³-hybridized carbons (Fsp3) is 0.226. The highest BCUT2D eigenvalue weighted by molar-refractivity contribution is 5.70. The summed E-state index contributed by atoms with van der Waals surface area (Å²) in [5.41, 5.74) is 7.08. The monoisotopic (exact) mass is 450 g/mol. The predicted molar refractivity (Wildman–Crippen MR) is 136 cm³/mol. The Hall–Kier alpha value is -3.27. The Balaban J connectivity index is 1.58.